The molecular formula is C14H16N2O5. The van der Waals surface area contributed by atoms with Gasteiger partial charge < -0.3 is 15.2 Å². The van der Waals surface area contributed by atoms with Gasteiger partial charge in [0.1, 0.15) is 6.54 Å². The third-order valence-electron chi connectivity index (χ3n) is 3.16. The molecule has 0 atom stereocenters. The van der Waals surface area contributed by atoms with Crippen LogP contribution in [-0.2, 0) is 16.0 Å². The van der Waals surface area contributed by atoms with Crippen molar-refractivity contribution >= 4 is 23.7 Å². The van der Waals surface area contributed by atoms with Crippen molar-refractivity contribution in [2.24, 2.45) is 0 Å². The molecule has 1 aliphatic heterocycles. The number of urea groups is 1. The number of aromatic carboxylic acids is 1. The molecule has 0 aromatic heterocycles. The second kappa shape index (κ2) is 6.25. The quantitative estimate of drug-likeness (QED) is 0.808. The maximum atomic E-state index is 12.0. The molecule has 0 radical (unpaired) electrons. The van der Waals surface area contributed by atoms with Gasteiger partial charge in [-0.05, 0) is 37.1 Å². The third-order valence-corrected chi connectivity index (χ3v) is 3.16. The molecule has 0 spiro atoms. The number of anilines is 1. The standard InChI is InChI=1S/C14H16N2O5/c1-2-21-12(17)8-15-14(20)16-6-5-9-7-10(13(18)19)3-4-11(9)16/h3-4,7H,2,5-6,8H2,1H3,(H,15,20)(H,18,19). The molecule has 0 bridgehead atoms. The van der Waals surface area contributed by atoms with Gasteiger partial charge in [-0.1, -0.05) is 0 Å². The van der Waals surface area contributed by atoms with Crippen LogP contribution in [0.1, 0.15) is 22.8 Å². The van der Waals surface area contributed by atoms with E-state index in [0.29, 0.717) is 18.7 Å². The highest BCUT2D eigenvalue weighted by molar-refractivity contribution is 5.97. The molecule has 112 valence electrons. The van der Waals surface area contributed by atoms with Gasteiger partial charge in [-0.3, -0.25) is 9.69 Å². The predicted molar refractivity (Wildman–Crippen MR) is 74.5 cm³/mol. The number of nitrogens with one attached hydrogen (secondary N) is 1. The van der Waals surface area contributed by atoms with E-state index in [1.165, 1.54) is 11.0 Å². The Hall–Kier alpha value is -2.57. The molecule has 21 heavy (non-hydrogen) atoms. The number of carbonyl (C=O) groups excluding carboxylic acids is 2. The number of ether oxygens (including phenoxy) is 1. The van der Waals surface area contributed by atoms with E-state index in [0.717, 1.165) is 5.56 Å². The molecule has 1 aliphatic rings. The number of benzene rings is 1. The summed E-state index contributed by atoms with van der Waals surface area (Å²) in [6.45, 7) is 2.22. The summed E-state index contributed by atoms with van der Waals surface area (Å²) in [5.41, 5.74) is 1.67. The number of fused-ring (bicyclic) bond motifs is 1. The smallest absolute Gasteiger partial charge is 0.335 e. The summed E-state index contributed by atoms with van der Waals surface area (Å²) in [6.07, 6.45) is 0.587. The summed E-state index contributed by atoms with van der Waals surface area (Å²) in [6, 6.07) is 4.23. The molecule has 7 heteroatoms. The molecular weight excluding hydrogens is 276 g/mol. The predicted octanol–water partition coefficient (Wildman–Crippen LogP) is 1.02. The van der Waals surface area contributed by atoms with Gasteiger partial charge in [0.05, 0.1) is 12.2 Å². The maximum Gasteiger partial charge on any atom is 0.335 e. The van der Waals surface area contributed by atoms with Crippen LogP contribution in [0.15, 0.2) is 18.2 Å². The zero-order valence-corrected chi connectivity index (χ0v) is 11.6. The van der Waals surface area contributed by atoms with E-state index in [9.17, 15) is 14.4 Å². The van der Waals surface area contributed by atoms with E-state index in [1.54, 1.807) is 19.1 Å². The fourth-order valence-corrected chi connectivity index (χ4v) is 2.20. The summed E-state index contributed by atoms with van der Waals surface area (Å²) < 4.78 is 4.73. The molecule has 2 N–H and O–H groups in total. The monoisotopic (exact) mass is 292 g/mol. The van der Waals surface area contributed by atoms with E-state index < -0.39 is 18.0 Å². The molecule has 2 rings (SSSR count). The summed E-state index contributed by atoms with van der Waals surface area (Å²) >= 11 is 0. The van der Waals surface area contributed by atoms with Crippen molar-refractivity contribution < 1.29 is 24.2 Å². The second-order valence-corrected chi connectivity index (χ2v) is 4.51. The van der Waals surface area contributed by atoms with Gasteiger partial charge in [0.2, 0.25) is 0 Å². The van der Waals surface area contributed by atoms with E-state index in [-0.39, 0.29) is 18.7 Å². The van der Waals surface area contributed by atoms with Crippen LogP contribution in [0.4, 0.5) is 10.5 Å². The lowest BCUT2D eigenvalue weighted by atomic mass is 10.1. The van der Waals surface area contributed by atoms with Crippen LogP contribution in [0.2, 0.25) is 0 Å². The van der Waals surface area contributed by atoms with Gasteiger partial charge in [-0.15, -0.1) is 0 Å². The van der Waals surface area contributed by atoms with Gasteiger partial charge in [-0.2, -0.15) is 0 Å². The molecule has 0 unspecified atom stereocenters. The lowest BCUT2D eigenvalue weighted by molar-refractivity contribution is -0.141. The van der Waals surface area contributed by atoms with Crippen molar-refractivity contribution in [1.82, 2.24) is 5.32 Å². The molecule has 1 aromatic carbocycles. The fraction of sp³-hybridized carbons (Fsp3) is 0.357. The number of rotatable bonds is 4. The van der Waals surface area contributed by atoms with Crippen LogP contribution < -0.4 is 10.2 Å². The fourth-order valence-electron chi connectivity index (χ4n) is 2.20. The SMILES string of the molecule is CCOC(=O)CNC(=O)N1CCc2cc(C(=O)O)ccc21. The Balaban J connectivity index is 2.03. The van der Waals surface area contributed by atoms with Crippen molar-refractivity contribution in [3.8, 4) is 0 Å². The number of hydrogen-bond acceptors (Lipinski definition) is 4. The van der Waals surface area contributed by atoms with E-state index in [2.05, 4.69) is 5.32 Å². The van der Waals surface area contributed by atoms with Gasteiger partial charge in [0, 0.05) is 12.2 Å². The lowest BCUT2D eigenvalue weighted by Gasteiger charge is -2.17. The average Bonchev–Trinajstić information content (AvgIpc) is 2.88. The zero-order chi connectivity index (χ0) is 15.4. The van der Waals surface area contributed by atoms with Crippen molar-refractivity contribution in [2.75, 3.05) is 24.6 Å². The summed E-state index contributed by atoms with van der Waals surface area (Å²) in [5.74, 6) is -1.49. The topological polar surface area (TPSA) is 95.9 Å². The zero-order valence-electron chi connectivity index (χ0n) is 11.6. The van der Waals surface area contributed by atoms with E-state index >= 15 is 0 Å². The molecule has 7 nitrogen and oxygen atoms in total. The first-order chi connectivity index (χ1) is 10.0. The highest BCUT2D eigenvalue weighted by Crippen LogP contribution is 2.28. The van der Waals surface area contributed by atoms with Crippen molar-refractivity contribution in [1.29, 1.82) is 0 Å². The number of carbonyl (C=O) groups is 3. The van der Waals surface area contributed by atoms with Crippen LogP contribution in [-0.4, -0.2) is 42.8 Å². The Kier molecular flexibility index (Phi) is 4.42. The van der Waals surface area contributed by atoms with Crippen LogP contribution in [0.25, 0.3) is 0 Å². The van der Waals surface area contributed by atoms with Crippen molar-refractivity contribution in [3.05, 3.63) is 29.3 Å². The molecule has 0 saturated heterocycles. The van der Waals surface area contributed by atoms with Gasteiger partial charge in [-0.25, -0.2) is 9.59 Å². The minimum atomic E-state index is -0.997. The number of carboxylic acids is 1. The van der Waals surface area contributed by atoms with Crippen molar-refractivity contribution in [2.45, 2.75) is 13.3 Å². The number of hydrogen-bond donors (Lipinski definition) is 2. The molecule has 0 saturated carbocycles. The number of amides is 2. The van der Waals surface area contributed by atoms with Crippen molar-refractivity contribution in [3.63, 3.8) is 0 Å². The highest BCUT2D eigenvalue weighted by Gasteiger charge is 2.25. The molecule has 2 amide bonds. The van der Waals surface area contributed by atoms with Crippen LogP contribution >= 0.6 is 0 Å². The first-order valence-electron chi connectivity index (χ1n) is 6.60. The average molecular weight is 292 g/mol. The largest absolute Gasteiger partial charge is 0.478 e. The van der Waals surface area contributed by atoms with Crippen LogP contribution in [0.5, 0.6) is 0 Å². The molecule has 0 fully saturated rings. The molecule has 1 heterocycles. The lowest BCUT2D eigenvalue weighted by Crippen LogP contribution is -2.41. The molecule has 1 aromatic rings. The first-order valence-corrected chi connectivity index (χ1v) is 6.60. The normalized spacial score (nSPS) is 12.7. The van der Waals surface area contributed by atoms with Gasteiger partial charge >= 0.3 is 18.0 Å². The summed E-state index contributed by atoms with van der Waals surface area (Å²) in [4.78, 5) is 35.6. The summed E-state index contributed by atoms with van der Waals surface area (Å²) in [7, 11) is 0. The minimum absolute atomic E-state index is 0.189. The second-order valence-electron chi connectivity index (χ2n) is 4.51. The Labute approximate surface area is 121 Å². The van der Waals surface area contributed by atoms with E-state index in [1.807, 2.05) is 0 Å². The minimum Gasteiger partial charge on any atom is -0.478 e. The highest BCUT2D eigenvalue weighted by atomic mass is 16.5. The van der Waals surface area contributed by atoms with Gasteiger partial charge in [0.15, 0.2) is 0 Å². The van der Waals surface area contributed by atoms with Gasteiger partial charge in [0.25, 0.3) is 0 Å². The third kappa shape index (κ3) is 3.31. The Morgan fingerprint density at radius 3 is 2.81 bits per heavy atom. The number of esters is 1. The number of carboxylic acid groups (broad SMARTS) is 1. The molecule has 0 aliphatic carbocycles. The van der Waals surface area contributed by atoms with Crippen LogP contribution in [0, 0.1) is 0 Å². The summed E-state index contributed by atoms with van der Waals surface area (Å²) in [5, 5.41) is 11.4. The van der Waals surface area contributed by atoms with E-state index in [4.69, 9.17) is 9.84 Å². The maximum absolute atomic E-state index is 12.0. The first kappa shape index (κ1) is 14.8. The number of nitrogens with zero attached hydrogens (tertiary/aromatic N) is 1. The Morgan fingerprint density at radius 1 is 1.38 bits per heavy atom. The Morgan fingerprint density at radius 2 is 2.14 bits per heavy atom. The Bertz CT molecular complexity index is 585. The van der Waals surface area contributed by atoms with Crippen LogP contribution in [0.3, 0.4) is 0 Å².